The van der Waals surface area contributed by atoms with Gasteiger partial charge in [-0.3, -0.25) is 0 Å². The maximum atomic E-state index is 13.9. The van der Waals surface area contributed by atoms with Gasteiger partial charge in [-0.25, -0.2) is 17.1 Å². The molecule has 4 rings (SSSR count). The molecule has 8 heteroatoms. The van der Waals surface area contributed by atoms with Crippen LogP contribution >= 0.6 is 12.4 Å². The number of halogens is 2. The van der Waals surface area contributed by atoms with Crippen LogP contribution in [0, 0.1) is 5.82 Å². The van der Waals surface area contributed by atoms with E-state index in [-0.39, 0.29) is 18.1 Å². The first kappa shape index (κ1) is 21.4. The summed E-state index contributed by atoms with van der Waals surface area (Å²) in [6.45, 7) is 0.680. The highest BCUT2D eigenvalue weighted by Crippen LogP contribution is 2.45. The van der Waals surface area contributed by atoms with E-state index in [2.05, 4.69) is 5.32 Å². The molecule has 1 unspecified atom stereocenters. The molecule has 0 saturated carbocycles. The van der Waals surface area contributed by atoms with Crippen LogP contribution in [0.4, 0.5) is 15.8 Å². The van der Waals surface area contributed by atoms with Crippen molar-refractivity contribution in [3.8, 4) is 5.75 Å². The SMILES string of the molecule is CNCCCC1Oc2cc3ccccc3cc2N(c2cccc(F)c2)S1(=O)=O.Cl. The van der Waals surface area contributed by atoms with Gasteiger partial charge in [-0.2, -0.15) is 0 Å². The zero-order chi connectivity index (χ0) is 19.7. The van der Waals surface area contributed by atoms with Crippen molar-refractivity contribution in [2.75, 3.05) is 17.9 Å². The Morgan fingerprint density at radius 2 is 1.79 bits per heavy atom. The number of nitrogens with zero attached hydrogens (tertiary/aromatic N) is 1. The van der Waals surface area contributed by atoms with Gasteiger partial charge in [0.15, 0.2) is 0 Å². The molecule has 0 amide bonds. The fraction of sp³-hybridized carbons (Fsp3) is 0.238. The van der Waals surface area contributed by atoms with Crippen LogP contribution in [-0.4, -0.2) is 27.4 Å². The first-order valence-corrected chi connectivity index (χ1v) is 10.6. The Morgan fingerprint density at radius 1 is 1.07 bits per heavy atom. The summed E-state index contributed by atoms with van der Waals surface area (Å²) in [5, 5.41) is 4.85. The summed E-state index contributed by atoms with van der Waals surface area (Å²) in [4.78, 5) is 0. The highest BCUT2D eigenvalue weighted by molar-refractivity contribution is 7.93. The second-order valence-electron chi connectivity index (χ2n) is 6.75. The molecule has 0 fully saturated rings. The lowest BCUT2D eigenvalue weighted by Crippen LogP contribution is -2.43. The average molecular weight is 437 g/mol. The lowest BCUT2D eigenvalue weighted by Gasteiger charge is -2.36. The van der Waals surface area contributed by atoms with Crippen LogP contribution in [0.25, 0.3) is 10.8 Å². The van der Waals surface area contributed by atoms with Gasteiger partial charge in [0.25, 0.3) is 10.0 Å². The molecule has 154 valence electrons. The van der Waals surface area contributed by atoms with Gasteiger partial charge in [0, 0.05) is 6.42 Å². The lowest BCUT2D eigenvalue weighted by molar-refractivity contribution is 0.255. The molecule has 1 heterocycles. The monoisotopic (exact) mass is 436 g/mol. The van der Waals surface area contributed by atoms with Crippen molar-refractivity contribution < 1.29 is 17.5 Å². The molecule has 1 N–H and O–H groups in total. The van der Waals surface area contributed by atoms with Crippen molar-refractivity contribution in [2.24, 2.45) is 0 Å². The van der Waals surface area contributed by atoms with Gasteiger partial charge in [-0.15, -0.1) is 12.4 Å². The van der Waals surface area contributed by atoms with Gasteiger partial charge in [0.2, 0.25) is 5.44 Å². The highest BCUT2D eigenvalue weighted by atomic mass is 35.5. The number of hydrogen-bond acceptors (Lipinski definition) is 4. The van der Waals surface area contributed by atoms with Crippen LogP contribution in [0.3, 0.4) is 0 Å². The first-order chi connectivity index (χ1) is 13.5. The average Bonchev–Trinajstić information content (AvgIpc) is 2.67. The van der Waals surface area contributed by atoms with Crippen molar-refractivity contribution in [2.45, 2.75) is 18.3 Å². The van der Waals surface area contributed by atoms with Crippen LogP contribution < -0.4 is 14.4 Å². The maximum absolute atomic E-state index is 13.9. The molecular formula is C21H22ClFN2O3S. The number of anilines is 2. The number of nitrogens with one attached hydrogen (secondary N) is 1. The van der Waals surface area contributed by atoms with E-state index in [1.165, 1.54) is 22.5 Å². The topological polar surface area (TPSA) is 58.6 Å². The molecule has 0 aromatic heterocycles. The summed E-state index contributed by atoms with van der Waals surface area (Å²) in [6, 6.07) is 16.9. The molecule has 0 saturated heterocycles. The van der Waals surface area contributed by atoms with Gasteiger partial charge < -0.3 is 10.1 Å². The Hall–Kier alpha value is -2.35. The summed E-state index contributed by atoms with van der Waals surface area (Å²) in [7, 11) is -2.06. The number of benzene rings is 3. The summed E-state index contributed by atoms with van der Waals surface area (Å²) in [6.07, 6.45) is 0.974. The Kier molecular flexibility index (Phi) is 6.31. The highest BCUT2D eigenvalue weighted by Gasteiger charge is 2.41. The molecule has 1 atom stereocenters. The maximum Gasteiger partial charge on any atom is 0.277 e. The van der Waals surface area contributed by atoms with Gasteiger partial charge in [-0.05, 0) is 61.1 Å². The molecule has 3 aromatic carbocycles. The van der Waals surface area contributed by atoms with Crippen LogP contribution in [0.1, 0.15) is 12.8 Å². The quantitative estimate of drug-likeness (QED) is 0.594. The largest absolute Gasteiger partial charge is 0.470 e. The second kappa shape index (κ2) is 8.57. The van der Waals surface area contributed by atoms with Crippen LogP contribution in [0.15, 0.2) is 60.7 Å². The molecular weight excluding hydrogens is 415 g/mol. The molecule has 0 bridgehead atoms. The molecule has 3 aromatic rings. The van der Waals surface area contributed by atoms with Crippen molar-refractivity contribution in [1.82, 2.24) is 5.32 Å². The van der Waals surface area contributed by atoms with Crippen LogP contribution in [0.5, 0.6) is 5.75 Å². The molecule has 1 aliphatic heterocycles. The molecule has 5 nitrogen and oxygen atoms in total. The molecule has 0 spiro atoms. The molecule has 1 aliphatic rings. The summed E-state index contributed by atoms with van der Waals surface area (Å²) < 4.78 is 47.8. The Balaban J connectivity index is 0.00000240. The lowest BCUT2D eigenvalue weighted by atomic mass is 10.1. The van der Waals surface area contributed by atoms with E-state index >= 15 is 0 Å². The minimum absolute atomic E-state index is 0. The summed E-state index contributed by atoms with van der Waals surface area (Å²) in [5.74, 6) is -0.0134. The van der Waals surface area contributed by atoms with E-state index in [1.807, 2.05) is 37.4 Å². The second-order valence-corrected chi connectivity index (χ2v) is 8.67. The zero-order valence-electron chi connectivity index (χ0n) is 15.8. The Bertz CT molecular complexity index is 1120. The number of sulfonamides is 1. The predicted octanol–water partition coefficient (Wildman–Crippen LogP) is 4.59. The fourth-order valence-corrected chi connectivity index (χ4v) is 5.21. The third-order valence-electron chi connectivity index (χ3n) is 4.80. The normalized spacial score (nSPS) is 17.3. The number of rotatable bonds is 5. The van der Waals surface area contributed by atoms with Gasteiger partial charge in [-0.1, -0.05) is 30.3 Å². The van der Waals surface area contributed by atoms with Gasteiger partial charge >= 0.3 is 0 Å². The van der Waals surface area contributed by atoms with Crippen LogP contribution in [-0.2, 0) is 10.0 Å². The predicted molar refractivity (Wildman–Crippen MR) is 116 cm³/mol. The first-order valence-electron chi connectivity index (χ1n) is 9.14. The van der Waals surface area contributed by atoms with E-state index in [4.69, 9.17) is 4.74 Å². The van der Waals surface area contributed by atoms with Gasteiger partial charge in [0.1, 0.15) is 11.6 Å². The van der Waals surface area contributed by atoms with E-state index in [1.54, 1.807) is 12.1 Å². The molecule has 0 radical (unpaired) electrons. The fourth-order valence-electron chi connectivity index (χ4n) is 3.46. The number of fused-ring (bicyclic) bond motifs is 2. The standard InChI is InChI=1S/C21H21FN2O3S.ClH/c1-23-11-5-10-21-27-20-13-16-7-3-2-6-15(16)12-19(20)24(28(21,25)26)18-9-4-8-17(22)14-18;/h2-4,6-9,12-14,21,23H,5,10-11H2,1H3;1H. The Labute approximate surface area is 175 Å². The summed E-state index contributed by atoms with van der Waals surface area (Å²) >= 11 is 0. The number of hydrogen-bond donors (Lipinski definition) is 1. The molecule has 29 heavy (non-hydrogen) atoms. The minimum Gasteiger partial charge on any atom is -0.470 e. The Morgan fingerprint density at radius 3 is 2.48 bits per heavy atom. The van der Waals surface area contributed by atoms with Crippen molar-refractivity contribution in [3.63, 3.8) is 0 Å². The van der Waals surface area contributed by atoms with Crippen molar-refractivity contribution >= 4 is 44.6 Å². The number of ether oxygens (including phenoxy) is 1. The van der Waals surface area contributed by atoms with E-state index < -0.39 is 21.3 Å². The summed E-state index contributed by atoms with van der Waals surface area (Å²) in [5.41, 5.74) is -0.370. The third-order valence-corrected chi connectivity index (χ3v) is 6.71. The van der Waals surface area contributed by atoms with E-state index in [0.717, 1.165) is 10.8 Å². The van der Waals surface area contributed by atoms with Gasteiger partial charge in [0.05, 0.1) is 11.4 Å². The van der Waals surface area contributed by atoms with Crippen LogP contribution in [0.2, 0.25) is 0 Å². The minimum atomic E-state index is -3.88. The van der Waals surface area contributed by atoms with E-state index in [0.29, 0.717) is 30.8 Å². The van der Waals surface area contributed by atoms with Crippen molar-refractivity contribution in [3.05, 3.63) is 66.5 Å². The smallest absolute Gasteiger partial charge is 0.277 e. The van der Waals surface area contributed by atoms with Crippen molar-refractivity contribution in [1.29, 1.82) is 0 Å². The zero-order valence-corrected chi connectivity index (χ0v) is 17.5. The van der Waals surface area contributed by atoms with E-state index in [9.17, 15) is 12.8 Å². The third kappa shape index (κ3) is 4.03. The molecule has 0 aliphatic carbocycles.